The summed E-state index contributed by atoms with van der Waals surface area (Å²) in [5, 5.41) is 15.4. The zero-order valence-electron chi connectivity index (χ0n) is 10.8. The molecule has 1 heterocycles. The molecule has 1 unspecified atom stereocenters. The van der Waals surface area contributed by atoms with E-state index >= 15 is 0 Å². The molecular weight excluding hydrogens is 216 g/mol. The van der Waals surface area contributed by atoms with E-state index in [1.165, 1.54) is 0 Å². The van der Waals surface area contributed by atoms with Gasteiger partial charge in [-0.2, -0.15) is 0 Å². The second kappa shape index (κ2) is 7.06. The molecule has 0 spiro atoms. The van der Waals surface area contributed by atoms with Crippen LogP contribution in [0.2, 0.25) is 0 Å². The second-order valence-electron chi connectivity index (χ2n) is 3.99. The lowest BCUT2D eigenvalue weighted by Gasteiger charge is -2.17. The van der Waals surface area contributed by atoms with Gasteiger partial charge in [0.05, 0.1) is 0 Å². The average molecular weight is 238 g/mol. The Morgan fingerprint density at radius 3 is 2.59 bits per heavy atom. The van der Waals surface area contributed by atoms with Crippen LogP contribution in [0.1, 0.15) is 32.8 Å². The molecule has 5 heteroatoms. The summed E-state index contributed by atoms with van der Waals surface area (Å²) >= 11 is 0. The van der Waals surface area contributed by atoms with Gasteiger partial charge < -0.3 is 15.7 Å². The fourth-order valence-electron chi connectivity index (χ4n) is 1.69. The number of aromatic nitrogens is 2. The van der Waals surface area contributed by atoms with Crippen LogP contribution in [0.3, 0.4) is 0 Å². The number of aliphatic hydroxyl groups is 1. The first-order valence-electron chi connectivity index (χ1n) is 6.18. The zero-order chi connectivity index (χ0) is 12.7. The van der Waals surface area contributed by atoms with E-state index < -0.39 is 0 Å². The minimum atomic E-state index is 0.181. The van der Waals surface area contributed by atoms with Crippen molar-refractivity contribution < 1.29 is 5.11 Å². The van der Waals surface area contributed by atoms with E-state index in [0.29, 0.717) is 6.42 Å². The quantitative estimate of drug-likeness (QED) is 0.674. The van der Waals surface area contributed by atoms with Crippen molar-refractivity contribution in [1.29, 1.82) is 0 Å². The van der Waals surface area contributed by atoms with E-state index in [4.69, 9.17) is 5.11 Å². The van der Waals surface area contributed by atoms with Crippen molar-refractivity contribution in [2.75, 3.05) is 23.8 Å². The predicted octanol–water partition coefficient (Wildman–Crippen LogP) is 1.65. The summed E-state index contributed by atoms with van der Waals surface area (Å²) in [4.78, 5) is 8.51. The molecule has 17 heavy (non-hydrogen) atoms. The summed E-state index contributed by atoms with van der Waals surface area (Å²) < 4.78 is 0. The van der Waals surface area contributed by atoms with Crippen molar-refractivity contribution in [3.05, 3.63) is 11.9 Å². The number of hydrogen-bond donors (Lipinski definition) is 3. The lowest BCUT2D eigenvalue weighted by Crippen LogP contribution is -2.19. The van der Waals surface area contributed by atoms with Gasteiger partial charge in [0.25, 0.3) is 0 Å². The van der Waals surface area contributed by atoms with Gasteiger partial charge in [0.2, 0.25) is 0 Å². The molecule has 3 N–H and O–H groups in total. The Kier molecular flexibility index (Phi) is 5.69. The van der Waals surface area contributed by atoms with Gasteiger partial charge in [-0.1, -0.05) is 6.92 Å². The third-order valence-electron chi connectivity index (χ3n) is 2.59. The molecule has 1 aromatic heterocycles. The van der Waals surface area contributed by atoms with E-state index in [-0.39, 0.29) is 12.6 Å². The highest BCUT2D eigenvalue weighted by molar-refractivity contribution is 5.57. The monoisotopic (exact) mass is 238 g/mol. The molecule has 1 atom stereocenters. The lowest BCUT2D eigenvalue weighted by molar-refractivity contribution is 0.282. The number of aliphatic hydroxyl groups excluding tert-OH is 1. The molecule has 0 fully saturated rings. The van der Waals surface area contributed by atoms with Crippen LogP contribution in [-0.2, 0) is 6.42 Å². The number of rotatable bonds is 7. The topological polar surface area (TPSA) is 70.1 Å². The Balaban J connectivity index is 2.86. The number of hydrogen-bond acceptors (Lipinski definition) is 5. The van der Waals surface area contributed by atoms with E-state index in [1.807, 2.05) is 13.8 Å². The molecule has 5 nitrogen and oxygen atoms in total. The summed E-state index contributed by atoms with van der Waals surface area (Å²) in [6.07, 6.45) is 3.15. The highest BCUT2D eigenvalue weighted by Gasteiger charge is 2.11. The van der Waals surface area contributed by atoms with Gasteiger partial charge in [-0.3, -0.25) is 0 Å². The summed E-state index contributed by atoms with van der Waals surface area (Å²) in [7, 11) is 0. The molecule has 1 aromatic rings. The van der Waals surface area contributed by atoms with Crippen molar-refractivity contribution in [2.24, 2.45) is 0 Å². The molecule has 0 aliphatic carbocycles. The van der Waals surface area contributed by atoms with Crippen LogP contribution in [-0.4, -0.2) is 34.3 Å². The summed E-state index contributed by atoms with van der Waals surface area (Å²) in [6, 6.07) is 0.203. The fourth-order valence-corrected chi connectivity index (χ4v) is 1.69. The largest absolute Gasteiger partial charge is 0.396 e. The van der Waals surface area contributed by atoms with Gasteiger partial charge in [-0.05, 0) is 26.7 Å². The van der Waals surface area contributed by atoms with Crippen molar-refractivity contribution >= 4 is 11.6 Å². The molecule has 0 saturated carbocycles. The first-order chi connectivity index (χ1) is 8.22. The number of nitrogens with one attached hydrogen (secondary N) is 2. The Hall–Kier alpha value is -1.36. The molecule has 96 valence electrons. The van der Waals surface area contributed by atoms with Crippen LogP contribution in [0.5, 0.6) is 0 Å². The van der Waals surface area contributed by atoms with E-state index in [2.05, 4.69) is 27.5 Å². The van der Waals surface area contributed by atoms with Crippen molar-refractivity contribution in [3.8, 4) is 0 Å². The molecule has 0 aromatic carbocycles. The first-order valence-corrected chi connectivity index (χ1v) is 6.18. The van der Waals surface area contributed by atoms with Crippen LogP contribution in [0.4, 0.5) is 11.6 Å². The van der Waals surface area contributed by atoms with Crippen molar-refractivity contribution in [2.45, 2.75) is 39.7 Å². The third kappa shape index (κ3) is 3.85. The maximum atomic E-state index is 8.89. The van der Waals surface area contributed by atoms with Crippen LogP contribution in [0.25, 0.3) is 0 Å². The maximum absolute atomic E-state index is 8.89. The minimum absolute atomic E-state index is 0.181. The first kappa shape index (κ1) is 13.7. The maximum Gasteiger partial charge on any atom is 0.134 e. The number of nitrogens with zero attached hydrogens (tertiary/aromatic N) is 2. The SMILES string of the molecule is CCNc1ncnc(NC(C)CCO)c1CC. The van der Waals surface area contributed by atoms with E-state index in [1.54, 1.807) is 6.33 Å². The van der Waals surface area contributed by atoms with Gasteiger partial charge >= 0.3 is 0 Å². The van der Waals surface area contributed by atoms with Gasteiger partial charge in [-0.15, -0.1) is 0 Å². The van der Waals surface area contributed by atoms with Crippen LogP contribution < -0.4 is 10.6 Å². The van der Waals surface area contributed by atoms with E-state index in [9.17, 15) is 0 Å². The molecule has 0 aliphatic rings. The van der Waals surface area contributed by atoms with Crippen molar-refractivity contribution in [1.82, 2.24) is 9.97 Å². The lowest BCUT2D eigenvalue weighted by atomic mass is 10.2. The normalized spacial score (nSPS) is 12.2. The van der Waals surface area contributed by atoms with Crippen LogP contribution >= 0.6 is 0 Å². The fraction of sp³-hybridized carbons (Fsp3) is 0.667. The summed E-state index contributed by atoms with van der Waals surface area (Å²) in [5.41, 5.74) is 1.10. The summed E-state index contributed by atoms with van der Waals surface area (Å²) in [6.45, 7) is 7.19. The van der Waals surface area contributed by atoms with E-state index in [0.717, 1.165) is 30.2 Å². The smallest absolute Gasteiger partial charge is 0.134 e. The molecular formula is C12H22N4O. The van der Waals surface area contributed by atoms with Gasteiger partial charge in [0, 0.05) is 24.8 Å². The Morgan fingerprint density at radius 2 is 2.00 bits per heavy atom. The molecule has 0 amide bonds. The van der Waals surface area contributed by atoms with Crippen molar-refractivity contribution in [3.63, 3.8) is 0 Å². The van der Waals surface area contributed by atoms with Gasteiger partial charge in [0.1, 0.15) is 18.0 Å². The molecule has 0 bridgehead atoms. The number of anilines is 2. The third-order valence-corrected chi connectivity index (χ3v) is 2.59. The zero-order valence-corrected chi connectivity index (χ0v) is 10.8. The Labute approximate surface area is 103 Å². The molecule has 0 aliphatic heterocycles. The molecule has 0 saturated heterocycles. The van der Waals surface area contributed by atoms with Gasteiger partial charge in [-0.25, -0.2) is 9.97 Å². The van der Waals surface area contributed by atoms with Crippen LogP contribution in [0.15, 0.2) is 6.33 Å². The van der Waals surface area contributed by atoms with Crippen LogP contribution in [0, 0.1) is 0 Å². The highest BCUT2D eigenvalue weighted by atomic mass is 16.3. The second-order valence-corrected chi connectivity index (χ2v) is 3.99. The van der Waals surface area contributed by atoms with Gasteiger partial charge in [0.15, 0.2) is 0 Å². The average Bonchev–Trinajstić information content (AvgIpc) is 2.30. The minimum Gasteiger partial charge on any atom is -0.396 e. The Bertz CT molecular complexity index is 343. The summed E-state index contributed by atoms with van der Waals surface area (Å²) in [5.74, 6) is 1.75. The highest BCUT2D eigenvalue weighted by Crippen LogP contribution is 2.21. The molecule has 1 rings (SSSR count). The predicted molar refractivity (Wildman–Crippen MR) is 70.4 cm³/mol. The standard InChI is InChI=1S/C12H22N4O/c1-4-10-11(13-5-2)14-8-15-12(10)16-9(3)6-7-17/h8-9,17H,4-7H2,1-3H3,(H2,13,14,15,16). The Morgan fingerprint density at radius 1 is 1.29 bits per heavy atom. The molecule has 0 radical (unpaired) electrons.